The maximum atomic E-state index is 10.7. The van der Waals surface area contributed by atoms with Gasteiger partial charge in [0.25, 0.3) is 0 Å². The van der Waals surface area contributed by atoms with Crippen LogP contribution in [0.25, 0.3) is 0 Å². The topological polar surface area (TPSA) is 52.5 Å². The molecule has 0 radical (unpaired) electrons. The zero-order chi connectivity index (χ0) is 21.2. The van der Waals surface area contributed by atoms with Gasteiger partial charge in [0, 0.05) is 6.04 Å². The number of nitrogens with one attached hydrogen (secondary N) is 1. The highest BCUT2D eigenvalue weighted by Crippen LogP contribution is 2.61. The zero-order valence-corrected chi connectivity index (χ0v) is 19.3. The van der Waals surface area contributed by atoms with Crippen molar-refractivity contribution < 1.29 is 10.2 Å². The summed E-state index contributed by atoms with van der Waals surface area (Å²) in [5.41, 5.74) is 6.51. The predicted molar refractivity (Wildman–Crippen MR) is 122 cm³/mol. The van der Waals surface area contributed by atoms with E-state index in [0.717, 1.165) is 38.1 Å². The van der Waals surface area contributed by atoms with Crippen molar-refractivity contribution in [1.29, 1.82) is 0 Å². The van der Waals surface area contributed by atoms with Gasteiger partial charge in [-0.15, -0.1) is 0 Å². The van der Waals surface area contributed by atoms with E-state index in [4.69, 9.17) is 0 Å². The summed E-state index contributed by atoms with van der Waals surface area (Å²) in [7, 11) is 0. The van der Waals surface area contributed by atoms with Crippen molar-refractivity contribution in [3.8, 4) is 0 Å². The first-order valence-electron chi connectivity index (χ1n) is 12.5. The summed E-state index contributed by atoms with van der Waals surface area (Å²) in [6.45, 7) is 10.4. The van der Waals surface area contributed by atoms with E-state index < -0.39 is 0 Å². The molecule has 30 heavy (non-hydrogen) atoms. The summed E-state index contributed by atoms with van der Waals surface area (Å²) in [4.78, 5) is 0. The Morgan fingerprint density at radius 1 is 1.23 bits per heavy atom. The lowest BCUT2D eigenvalue weighted by Crippen LogP contribution is -2.52. The lowest BCUT2D eigenvalue weighted by molar-refractivity contribution is 0.0571. The van der Waals surface area contributed by atoms with Crippen molar-refractivity contribution in [3.63, 3.8) is 0 Å². The number of hydrogen-bond acceptors (Lipinski definition) is 3. The number of fused-ring (bicyclic) bond motifs is 5. The molecule has 166 valence electrons. The molecule has 1 saturated heterocycles. The fraction of sp³-hybridized carbons (Fsp3) is 0.778. The molecule has 0 aromatic heterocycles. The minimum atomic E-state index is -0.235. The van der Waals surface area contributed by atoms with Crippen LogP contribution in [0.2, 0.25) is 0 Å². The molecule has 1 aliphatic heterocycles. The van der Waals surface area contributed by atoms with Crippen molar-refractivity contribution in [2.24, 2.45) is 35.0 Å². The van der Waals surface area contributed by atoms with E-state index >= 15 is 0 Å². The zero-order valence-electron chi connectivity index (χ0n) is 19.3. The summed E-state index contributed by atoms with van der Waals surface area (Å²) in [6.07, 6.45) is 12.3. The van der Waals surface area contributed by atoms with Crippen LogP contribution >= 0.6 is 0 Å². The fourth-order valence-corrected chi connectivity index (χ4v) is 7.95. The van der Waals surface area contributed by atoms with Gasteiger partial charge in [-0.05, 0) is 105 Å². The van der Waals surface area contributed by atoms with Crippen molar-refractivity contribution in [3.05, 3.63) is 34.4 Å². The van der Waals surface area contributed by atoms with Crippen LogP contribution < -0.4 is 5.32 Å². The van der Waals surface area contributed by atoms with Crippen LogP contribution in [0.4, 0.5) is 0 Å². The number of aliphatic hydroxyl groups excluding tert-OH is 2. The highest BCUT2D eigenvalue weighted by molar-refractivity contribution is 5.46. The molecule has 0 spiro atoms. The van der Waals surface area contributed by atoms with E-state index in [-0.39, 0.29) is 23.7 Å². The van der Waals surface area contributed by atoms with Crippen molar-refractivity contribution in [2.45, 2.75) is 90.9 Å². The maximum Gasteiger partial charge on any atom is 0.0702 e. The van der Waals surface area contributed by atoms with Gasteiger partial charge in [-0.3, -0.25) is 0 Å². The molecule has 0 aromatic rings. The molecule has 4 unspecified atom stereocenters. The second-order valence-electron chi connectivity index (χ2n) is 11.5. The molecular formula is C27H41NO2. The van der Waals surface area contributed by atoms with Gasteiger partial charge in [-0.2, -0.15) is 0 Å². The summed E-state index contributed by atoms with van der Waals surface area (Å²) >= 11 is 0. The molecular weight excluding hydrogens is 370 g/mol. The molecule has 5 rings (SSSR count). The second-order valence-corrected chi connectivity index (χ2v) is 11.5. The first-order valence-corrected chi connectivity index (χ1v) is 12.5. The molecule has 0 aromatic carbocycles. The highest BCUT2D eigenvalue weighted by Gasteiger charge is 2.52. The van der Waals surface area contributed by atoms with Crippen LogP contribution in [0.1, 0.15) is 72.6 Å². The Bertz CT molecular complexity index is 795. The van der Waals surface area contributed by atoms with Crippen LogP contribution in [0.3, 0.4) is 0 Å². The number of rotatable bonds is 2. The summed E-state index contributed by atoms with van der Waals surface area (Å²) in [6, 6.07) is 0.192. The quantitative estimate of drug-likeness (QED) is 0.574. The average molecular weight is 412 g/mol. The Kier molecular flexibility index (Phi) is 5.31. The Hall–Kier alpha value is -0.900. The third-order valence-corrected chi connectivity index (χ3v) is 9.78. The molecule has 9 atom stereocenters. The molecule has 3 nitrogen and oxygen atoms in total. The first kappa shape index (κ1) is 21.0. The van der Waals surface area contributed by atoms with Gasteiger partial charge in [0.1, 0.15) is 0 Å². The van der Waals surface area contributed by atoms with Gasteiger partial charge in [0.05, 0.1) is 12.2 Å². The van der Waals surface area contributed by atoms with Gasteiger partial charge in [-0.1, -0.05) is 44.1 Å². The predicted octanol–water partition coefficient (Wildman–Crippen LogP) is 4.76. The highest BCUT2D eigenvalue weighted by atomic mass is 16.3. The molecule has 0 amide bonds. The lowest BCUT2D eigenvalue weighted by atomic mass is 9.56. The van der Waals surface area contributed by atoms with E-state index in [1.54, 1.807) is 11.1 Å². The number of piperidine rings is 1. The normalized spacial score (nSPS) is 47.1. The summed E-state index contributed by atoms with van der Waals surface area (Å²) < 4.78 is 0. The van der Waals surface area contributed by atoms with E-state index in [0.29, 0.717) is 23.7 Å². The average Bonchev–Trinajstić information content (AvgIpc) is 3.09. The largest absolute Gasteiger partial charge is 0.393 e. The van der Waals surface area contributed by atoms with Crippen LogP contribution in [0, 0.1) is 35.0 Å². The monoisotopic (exact) mass is 411 g/mol. The molecule has 4 aliphatic carbocycles. The Labute approximate surface area is 182 Å². The SMILES string of the molecule is CC1=C([C@H](C)[C@@H]2NC[C@@H](C)C[C@H]2O)CCC2C1=CC1C2CC=C2C[C@@H](O)CCC21C. The van der Waals surface area contributed by atoms with E-state index in [9.17, 15) is 10.2 Å². The van der Waals surface area contributed by atoms with Gasteiger partial charge < -0.3 is 15.5 Å². The number of aliphatic hydroxyl groups is 2. The van der Waals surface area contributed by atoms with Crippen LogP contribution in [0.15, 0.2) is 34.4 Å². The third-order valence-electron chi connectivity index (χ3n) is 9.78. The molecule has 3 N–H and O–H groups in total. The van der Waals surface area contributed by atoms with Gasteiger partial charge >= 0.3 is 0 Å². The number of hydrogen-bond donors (Lipinski definition) is 3. The van der Waals surface area contributed by atoms with Crippen LogP contribution in [0.5, 0.6) is 0 Å². The minimum absolute atomic E-state index is 0.136. The molecule has 1 heterocycles. The van der Waals surface area contributed by atoms with Crippen molar-refractivity contribution in [2.75, 3.05) is 6.54 Å². The Morgan fingerprint density at radius 2 is 2.03 bits per heavy atom. The molecule has 5 aliphatic rings. The molecule has 0 bridgehead atoms. The Balaban J connectivity index is 1.43. The molecule has 2 fully saturated rings. The lowest BCUT2D eigenvalue weighted by Gasteiger charge is -2.49. The van der Waals surface area contributed by atoms with Gasteiger partial charge in [-0.25, -0.2) is 0 Å². The fourth-order valence-electron chi connectivity index (χ4n) is 7.95. The number of allylic oxidation sites excluding steroid dienone is 4. The third kappa shape index (κ3) is 3.19. The van der Waals surface area contributed by atoms with Crippen molar-refractivity contribution >= 4 is 0 Å². The first-order chi connectivity index (χ1) is 14.3. The minimum Gasteiger partial charge on any atom is -0.393 e. The maximum absolute atomic E-state index is 10.7. The smallest absolute Gasteiger partial charge is 0.0702 e. The van der Waals surface area contributed by atoms with Crippen molar-refractivity contribution in [1.82, 2.24) is 5.32 Å². The Morgan fingerprint density at radius 3 is 2.80 bits per heavy atom. The van der Waals surface area contributed by atoms with E-state index in [2.05, 4.69) is 45.2 Å². The van der Waals surface area contributed by atoms with Crippen LogP contribution in [-0.2, 0) is 0 Å². The second kappa shape index (κ2) is 7.60. The van der Waals surface area contributed by atoms with Gasteiger partial charge in [0.15, 0.2) is 0 Å². The standard InChI is InChI=1S/C27H41NO2/c1-15-11-25(30)26(28-14-15)17(3)20-7-8-21-22-6-5-18-12-19(29)9-10-27(18,4)24(22)13-23(21)16(20)2/h5,13,15,17,19,21-22,24-26,28-30H,6-12,14H2,1-4H3/t15-,17-,19-,21?,22?,24?,25+,26-,27?/m0/s1. The summed E-state index contributed by atoms with van der Waals surface area (Å²) in [5.74, 6) is 3.04. The van der Waals surface area contributed by atoms with E-state index in [1.807, 2.05) is 0 Å². The summed E-state index contributed by atoms with van der Waals surface area (Å²) in [5, 5.41) is 24.6. The van der Waals surface area contributed by atoms with E-state index in [1.165, 1.54) is 30.4 Å². The van der Waals surface area contributed by atoms with Crippen LogP contribution in [-0.4, -0.2) is 35.0 Å². The molecule has 3 heteroatoms. The molecule has 1 saturated carbocycles. The van der Waals surface area contributed by atoms with Gasteiger partial charge in [0.2, 0.25) is 0 Å².